The third-order valence-corrected chi connectivity index (χ3v) is 6.45. The van der Waals surface area contributed by atoms with Crippen LogP contribution in [0.2, 0.25) is 0 Å². The second kappa shape index (κ2) is 7.22. The largest absolute Gasteiger partial charge is 0.492 e. The molecule has 1 N–H and O–H groups in total. The molecule has 0 saturated carbocycles. The van der Waals surface area contributed by atoms with Crippen molar-refractivity contribution in [2.75, 3.05) is 33.2 Å². The lowest BCUT2D eigenvalue weighted by molar-refractivity contribution is 0.127. The van der Waals surface area contributed by atoms with Crippen LogP contribution in [0.15, 0.2) is 24.3 Å². The molecule has 1 fully saturated rings. The van der Waals surface area contributed by atoms with Gasteiger partial charge in [-0.25, -0.2) is 4.98 Å². The van der Waals surface area contributed by atoms with Crippen molar-refractivity contribution >= 4 is 16.3 Å². The van der Waals surface area contributed by atoms with E-state index in [1.807, 2.05) is 6.92 Å². The molecule has 1 aliphatic heterocycles. The fraction of sp³-hybridized carbons (Fsp3) is 0.500. The van der Waals surface area contributed by atoms with E-state index in [4.69, 9.17) is 0 Å². The van der Waals surface area contributed by atoms with Crippen molar-refractivity contribution < 1.29 is 5.11 Å². The van der Waals surface area contributed by atoms with Gasteiger partial charge < -0.3 is 10.0 Å². The van der Waals surface area contributed by atoms with Gasteiger partial charge in [-0.3, -0.25) is 4.90 Å². The van der Waals surface area contributed by atoms with Crippen molar-refractivity contribution in [1.82, 2.24) is 24.4 Å². The molecule has 1 atom stereocenters. The molecule has 2 aromatic heterocycles. The number of benzene rings is 1. The highest BCUT2D eigenvalue weighted by molar-refractivity contribution is 7.17. The van der Waals surface area contributed by atoms with Gasteiger partial charge in [0, 0.05) is 26.2 Å². The molecule has 144 valence electrons. The van der Waals surface area contributed by atoms with Gasteiger partial charge >= 0.3 is 0 Å². The Kier molecular flexibility index (Phi) is 4.92. The molecule has 3 aromatic rings. The standard InChI is InChI=1S/C20H27N5OS/c1-13(2)15-5-7-16(8-6-15)17(24-11-9-23(4)10-12-24)18-19(26)25-20(27-18)21-14(3)22-25/h5-8,13,17,26H,9-12H2,1-4H3. The maximum Gasteiger partial charge on any atom is 0.230 e. The maximum atomic E-state index is 10.9. The predicted octanol–water partition coefficient (Wildman–Crippen LogP) is 3.27. The highest BCUT2D eigenvalue weighted by atomic mass is 32.1. The summed E-state index contributed by atoms with van der Waals surface area (Å²) in [6, 6.07) is 8.86. The number of thiazole rings is 1. The van der Waals surface area contributed by atoms with Gasteiger partial charge in [0.05, 0.1) is 10.9 Å². The van der Waals surface area contributed by atoms with Crippen LogP contribution in [-0.4, -0.2) is 62.7 Å². The lowest BCUT2D eigenvalue weighted by atomic mass is 9.97. The molecule has 1 aromatic carbocycles. The number of rotatable bonds is 4. The number of fused-ring (bicyclic) bond motifs is 1. The minimum Gasteiger partial charge on any atom is -0.492 e. The summed E-state index contributed by atoms with van der Waals surface area (Å²) in [7, 11) is 2.16. The molecule has 1 saturated heterocycles. The molecule has 7 heteroatoms. The average Bonchev–Trinajstić information content (AvgIpc) is 3.15. The first-order valence-electron chi connectivity index (χ1n) is 9.51. The smallest absolute Gasteiger partial charge is 0.230 e. The van der Waals surface area contributed by atoms with Crippen molar-refractivity contribution in [3.05, 3.63) is 46.1 Å². The third kappa shape index (κ3) is 3.47. The molecule has 0 spiro atoms. The van der Waals surface area contributed by atoms with E-state index < -0.39 is 0 Å². The topological polar surface area (TPSA) is 56.9 Å². The van der Waals surface area contributed by atoms with E-state index in [2.05, 4.69) is 65.0 Å². The Balaban J connectivity index is 1.77. The van der Waals surface area contributed by atoms with Crippen LogP contribution in [0.25, 0.3) is 4.96 Å². The zero-order valence-electron chi connectivity index (χ0n) is 16.4. The fourth-order valence-electron chi connectivity index (χ4n) is 3.70. The minimum absolute atomic E-state index is 0.0220. The van der Waals surface area contributed by atoms with Crippen LogP contribution >= 0.6 is 11.3 Å². The number of aromatic nitrogens is 3. The fourth-order valence-corrected chi connectivity index (χ4v) is 4.86. The van der Waals surface area contributed by atoms with Crippen molar-refractivity contribution in [2.24, 2.45) is 0 Å². The van der Waals surface area contributed by atoms with Crippen molar-refractivity contribution in [3.63, 3.8) is 0 Å². The van der Waals surface area contributed by atoms with E-state index in [1.165, 1.54) is 22.5 Å². The number of aromatic hydroxyl groups is 1. The summed E-state index contributed by atoms with van der Waals surface area (Å²) >= 11 is 1.54. The number of likely N-dealkylation sites (N-methyl/N-ethyl adjacent to an activating group) is 1. The van der Waals surface area contributed by atoms with Gasteiger partial charge in [0.15, 0.2) is 0 Å². The third-order valence-electron chi connectivity index (χ3n) is 5.38. The van der Waals surface area contributed by atoms with Crippen molar-refractivity contribution in [2.45, 2.75) is 32.7 Å². The summed E-state index contributed by atoms with van der Waals surface area (Å²) in [4.78, 5) is 10.9. The molecule has 1 aliphatic rings. The molecule has 4 rings (SSSR count). The monoisotopic (exact) mass is 385 g/mol. The first-order chi connectivity index (χ1) is 12.9. The van der Waals surface area contributed by atoms with Gasteiger partial charge in [0.25, 0.3) is 0 Å². The number of hydrogen-bond donors (Lipinski definition) is 1. The van der Waals surface area contributed by atoms with E-state index in [0.717, 1.165) is 36.0 Å². The zero-order chi connectivity index (χ0) is 19.1. The Bertz CT molecular complexity index is 922. The first kappa shape index (κ1) is 18.4. The van der Waals surface area contributed by atoms with Gasteiger partial charge in [-0.05, 0) is 31.0 Å². The maximum absolute atomic E-state index is 10.9. The first-order valence-corrected chi connectivity index (χ1v) is 10.3. The highest BCUT2D eigenvalue weighted by Gasteiger charge is 2.31. The Labute approximate surface area is 164 Å². The molecule has 0 bridgehead atoms. The highest BCUT2D eigenvalue weighted by Crippen LogP contribution is 2.40. The van der Waals surface area contributed by atoms with E-state index in [1.54, 1.807) is 4.52 Å². The quantitative estimate of drug-likeness (QED) is 0.747. The normalized spacial score (nSPS) is 17.8. The SMILES string of the molecule is Cc1nc2sc(C(c3ccc(C(C)C)cc3)N3CCN(C)CC3)c(O)n2n1. The number of nitrogens with zero attached hydrogens (tertiary/aromatic N) is 5. The number of aryl methyl sites for hydroxylation is 1. The second-order valence-corrected chi connectivity index (χ2v) is 8.72. The van der Waals surface area contributed by atoms with Crippen LogP contribution in [-0.2, 0) is 0 Å². The molecule has 1 unspecified atom stereocenters. The average molecular weight is 386 g/mol. The van der Waals surface area contributed by atoms with Gasteiger partial charge in [0.1, 0.15) is 5.82 Å². The van der Waals surface area contributed by atoms with Gasteiger partial charge in [0.2, 0.25) is 10.8 Å². The van der Waals surface area contributed by atoms with E-state index >= 15 is 0 Å². The Morgan fingerprint density at radius 1 is 1.04 bits per heavy atom. The van der Waals surface area contributed by atoms with E-state index in [-0.39, 0.29) is 11.9 Å². The molecule has 27 heavy (non-hydrogen) atoms. The predicted molar refractivity (Wildman–Crippen MR) is 109 cm³/mol. The van der Waals surface area contributed by atoms with Crippen LogP contribution in [0.4, 0.5) is 0 Å². The molecule has 0 radical (unpaired) electrons. The van der Waals surface area contributed by atoms with Crippen LogP contribution in [0.5, 0.6) is 5.88 Å². The summed E-state index contributed by atoms with van der Waals surface area (Å²) in [5.74, 6) is 1.40. The lowest BCUT2D eigenvalue weighted by Crippen LogP contribution is -2.46. The summed E-state index contributed by atoms with van der Waals surface area (Å²) in [6.07, 6.45) is 0. The van der Waals surface area contributed by atoms with Crippen molar-refractivity contribution in [1.29, 1.82) is 0 Å². The van der Waals surface area contributed by atoms with E-state index in [9.17, 15) is 5.11 Å². The van der Waals surface area contributed by atoms with Gasteiger partial charge in [-0.2, -0.15) is 4.52 Å². The minimum atomic E-state index is 0.0220. The molecule has 0 amide bonds. The Morgan fingerprint density at radius 2 is 1.67 bits per heavy atom. The zero-order valence-corrected chi connectivity index (χ0v) is 17.2. The van der Waals surface area contributed by atoms with Crippen LogP contribution in [0, 0.1) is 6.92 Å². The van der Waals surface area contributed by atoms with Gasteiger partial charge in [-0.15, -0.1) is 5.10 Å². The summed E-state index contributed by atoms with van der Waals surface area (Å²) in [6.45, 7) is 10.3. The van der Waals surface area contributed by atoms with Crippen molar-refractivity contribution in [3.8, 4) is 5.88 Å². The molecular weight excluding hydrogens is 358 g/mol. The Hall–Kier alpha value is -1.96. The number of hydrogen-bond acceptors (Lipinski definition) is 6. The molecular formula is C20H27N5OS. The van der Waals surface area contributed by atoms with Crippen LogP contribution < -0.4 is 0 Å². The molecule has 3 heterocycles. The Morgan fingerprint density at radius 3 is 2.26 bits per heavy atom. The van der Waals surface area contributed by atoms with E-state index in [0.29, 0.717) is 11.7 Å². The molecule has 6 nitrogen and oxygen atoms in total. The lowest BCUT2D eigenvalue weighted by Gasteiger charge is -2.37. The second-order valence-electron chi connectivity index (χ2n) is 7.71. The summed E-state index contributed by atoms with van der Waals surface area (Å²) in [5, 5.41) is 15.2. The number of piperazine rings is 1. The van der Waals surface area contributed by atoms with Crippen LogP contribution in [0.3, 0.4) is 0 Å². The van der Waals surface area contributed by atoms with Gasteiger partial charge in [-0.1, -0.05) is 49.4 Å². The van der Waals surface area contributed by atoms with Crippen LogP contribution in [0.1, 0.15) is 47.6 Å². The molecule has 0 aliphatic carbocycles. The summed E-state index contributed by atoms with van der Waals surface area (Å²) < 4.78 is 1.57. The summed E-state index contributed by atoms with van der Waals surface area (Å²) in [5.41, 5.74) is 2.54.